The molecule has 27 heavy (non-hydrogen) atoms. The van der Waals surface area contributed by atoms with E-state index in [9.17, 15) is 9.59 Å². The average Bonchev–Trinajstić information content (AvgIpc) is 2.73. The molecule has 0 aromatic heterocycles. The van der Waals surface area contributed by atoms with E-state index in [1.165, 1.54) is 12.0 Å². The Morgan fingerprint density at radius 1 is 1.04 bits per heavy atom. The molecule has 2 aliphatic heterocycles. The van der Waals surface area contributed by atoms with Crippen LogP contribution in [-0.2, 0) is 9.59 Å². The average molecular weight is 370 g/mol. The molecular weight excluding hydrogens is 338 g/mol. The van der Waals surface area contributed by atoms with E-state index in [2.05, 4.69) is 41.0 Å². The maximum Gasteiger partial charge on any atom is 0.225 e. The molecule has 2 N–H and O–H groups in total. The highest BCUT2D eigenvalue weighted by molar-refractivity contribution is 5.81. The van der Waals surface area contributed by atoms with Crippen LogP contribution in [0.15, 0.2) is 30.3 Å². The lowest BCUT2D eigenvalue weighted by atomic mass is 9.82. The van der Waals surface area contributed by atoms with E-state index in [1.54, 1.807) is 0 Å². The Morgan fingerprint density at radius 3 is 2.56 bits per heavy atom. The molecule has 3 atom stereocenters. The van der Waals surface area contributed by atoms with Crippen LogP contribution in [0.1, 0.15) is 62.8 Å². The van der Waals surface area contributed by atoms with E-state index >= 15 is 0 Å². The number of nitrogens with one attached hydrogen (secondary N) is 2. The lowest BCUT2D eigenvalue weighted by Crippen LogP contribution is -2.62. The second-order valence-corrected chi connectivity index (χ2v) is 8.33. The highest BCUT2D eigenvalue weighted by Gasteiger charge is 2.37. The number of hydrogen-bond donors (Lipinski definition) is 2. The zero-order valence-corrected chi connectivity index (χ0v) is 16.0. The van der Waals surface area contributed by atoms with Crippen molar-refractivity contribution < 1.29 is 9.59 Å². The summed E-state index contributed by atoms with van der Waals surface area (Å²) in [7, 11) is 0. The molecule has 3 fully saturated rings. The normalized spacial score (nSPS) is 29.1. The molecule has 0 bridgehead atoms. The van der Waals surface area contributed by atoms with Crippen molar-refractivity contribution in [1.29, 1.82) is 0 Å². The van der Waals surface area contributed by atoms with E-state index in [-0.39, 0.29) is 23.9 Å². The standard InChI is InChI=1S/C22H31N3O2/c26-21(25-14-12-17(13-15-25)16-6-2-1-3-7-16)11-10-20-23-19-9-5-4-8-18(19)22(27)24-20/h1-3,6-7,17-20,23H,4-5,8-15H2,(H,24,27). The minimum absolute atomic E-state index is 0.0531. The molecule has 1 aliphatic carbocycles. The molecule has 2 saturated heterocycles. The molecule has 3 unspecified atom stereocenters. The number of carbonyl (C=O) groups excluding carboxylic acids is 2. The Balaban J connectivity index is 1.23. The quantitative estimate of drug-likeness (QED) is 0.858. The second-order valence-electron chi connectivity index (χ2n) is 8.33. The van der Waals surface area contributed by atoms with Gasteiger partial charge in [-0.25, -0.2) is 0 Å². The number of nitrogens with zero attached hydrogens (tertiary/aromatic N) is 1. The van der Waals surface area contributed by atoms with Crippen molar-refractivity contribution in [2.45, 2.75) is 69.5 Å². The molecular formula is C22H31N3O2. The van der Waals surface area contributed by atoms with Crippen LogP contribution in [-0.4, -0.2) is 42.0 Å². The molecule has 1 saturated carbocycles. The topological polar surface area (TPSA) is 61.4 Å². The van der Waals surface area contributed by atoms with Gasteiger partial charge in [0.05, 0.1) is 12.1 Å². The first-order chi connectivity index (χ1) is 13.2. The fourth-order valence-corrected chi connectivity index (χ4v) is 4.99. The van der Waals surface area contributed by atoms with Gasteiger partial charge in [-0.05, 0) is 43.6 Å². The van der Waals surface area contributed by atoms with Gasteiger partial charge in [0.25, 0.3) is 0 Å². The van der Waals surface area contributed by atoms with Crippen LogP contribution in [0, 0.1) is 5.92 Å². The number of fused-ring (bicyclic) bond motifs is 1. The Morgan fingerprint density at radius 2 is 1.78 bits per heavy atom. The number of amides is 2. The van der Waals surface area contributed by atoms with Gasteiger partial charge < -0.3 is 10.2 Å². The fraction of sp³-hybridized carbons (Fsp3) is 0.636. The van der Waals surface area contributed by atoms with Gasteiger partial charge in [-0.15, -0.1) is 0 Å². The largest absolute Gasteiger partial charge is 0.343 e. The summed E-state index contributed by atoms with van der Waals surface area (Å²) < 4.78 is 0. The molecule has 0 spiro atoms. The van der Waals surface area contributed by atoms with Gasteiger partial charge >= 0.3 is 0 Å². The maximum atomic E-state index is 12.6. The minimum Gasteiger partial charge on any atom is -0.343 e. The summed E-state index contributed by atoms with van der Waals surface area (Å²) in [6.07, 6.45) is 7.64. The molecule has 4 rings (SSSR count). The molecule has 1 aromatic carbocycles. The summed E-state index contributed by atoms with van der Waals surface area (Å²) in [5.41, 5.74) is 1.39. The van der Waals surface area contributed by atoms with E-state index in [4.69, 9.17) is 0 Å². The van der Waals surface area contributed by atoms with Crippen molar-refractivity contribution in [3.63, 3.8) is 0 Å². The number of rotatable bonds is 4. The predicted molar refractivity (Wildman–Crippen MR) is 105 cm³/mol. The van der Waals surface area contributed by atoms with Crippen LogP contribution >= 0.6 is 0 Å². The van der Waals surface area contributed by atoms with Gasteiger partial charge in [0.15, 0.2) is 0 Å². The summed E-state index contributed by atoms with van der Waals surface area (Å²) in [5.74, 6) is 1.10. The van der Waals surface area contributed by atoms with Gasteiger partial charge in [-0.2, -0.15) is 0 Å². The summed E-state index contributed by atoms with van der Waals surface area (Å²) in [6, 6.07) is 10.9. The fourth-order valence-electron chi connectivity index (χ4n) is 4.99. The van der Waals surface area contributed by atoms with Crippen molar-refractivity contribution >= 4 is 11.8 Å². The van der Waals surface area contributed by atoms with Crippen molar-refractivity contribution in [2.75, 3.05) is 13.1 Å². The van der Waals surface area contributed by atoms with Crippen LogP contribution in [0.25, 0.3) is 0 Å². The number of likely N-dealkylation sites (tertiary alicyclic amines) is 1. The van der Waals surface area contributed by atoms with E-state index < -0.39 is 0 Å². The zero-order chi connectivity index (χ0) is 18.6. The molecule has 1 aromatic rings. The van der Waals surface area contributed by atoms with Crippen molar-refractivity contribution in [1.82, 2.24) is 15.5 Å². The first-order valence-electron chi connectivity index (χ1n) is 10.6. The van der Waals surface area contributed by atoms with Gasteiger partial charge in [-0.3, -0.25) is 14.9 Å². The van der Waals surface area contributed by atoms with Crippen molar-refractivity contribution in [3.05, 3.63) is 35.9 Å². The Bertz CT molecular complexity index is 655. The van der Waals surface area contributed by atoms with Crippen LogP contribution in [0.5, 0.6) is 0 Å². The van der Waals surface area contributed by atoms with Crippen molar-refractivity contribution in [3.8, 4) is 0 Å². The first kappa shape index (κ1) is 18.5. The number of hydrogen-bond acceptors (Lipinski definition) is 3. The number of piperidine rings is 1. The van der Waals surface area contributed by atoms with E-state index in [1.807, 2.05) is 4.90 Å². The second kappa shape index (κ2) is 8.42. The summed E-state index contributed by atoms with van der Waals surface area (Å²) >= 11 is 0. The smallest absolute Gasteiger partial charge is 0.225 e. The molecule has 2 heterocycles. The predicted octanol–water partition coefficient (Wildman–Crippen LogP) is 2.78. The molecule has 5 nitrogen and oxygen atoms in total. The number of benzene rings is 1. The maximum absolute atomic E-state index is 12.6. The highest BCUT2D eigenvalue weighted by Crippen LogP contribution is 2.29. The summed E-state index contributed by atoms with van der Waals surface area (Å²) in [6.45, 7) is 1.68. The zero-order valence-electron chi connectivity index (χ0n) is 16.0. The minimum atomic E-state index is -0.0531. The first-order valence-corrected chi connectivity index (χ1v) is 10.6. The molecule has 5 heteroatoms. The molecule has 146 valence electrons. The summed E-state index contributed by atoms with van der Waals surface area (Å²) in [5, 5.41) is 6.65. The third-order valence-corrected chi connectivity index (χ3v) is 6.60. The Hall–Kier alpha value is -1.88. The van der Waals surface area contributed by atoms with Crippen LogP contribution in [0.4, 0.5) is 0 Å². The van der Waals surface area contributed by atoms with Gasteiger partial charge in [0.2, 0.25) is 11.8 Å². The highest BCUT2D eigenvalue weighted by atomic mass is 16.2. The van der Waals surface area contributed by atoms with Crippen LogP contribution < -0.4 is 10.6 Å². The lowest BCUT2D eigenvalue weighted by Gasteiger charge is -2.40. The SMILES string of the molecule is O=C1NC(CCC(=O)N2CCC(c3ccccc3)CC2)NC2CCCCC12. The van der Waals surface area contributed by atoms with E-state index in [0.29, 0.717) is 24.8 Å². The monoisotopic (exact) mass is 369 g/mol. The number of carbonyl (C=O) groups is 2. The summed E-state index contributed by atoms with van der Waals surface area (Å²) in [4.78, 5) is 27.0. The van der Waals surface area contributed by atoms with Gasteiger partial charge in [0.1, 0.15) is 0 Å². The molecule has 0 radical (unpaired) electrons. The van der Waals surface area contributed by atoms with Crippen LogP contribution in [0.2, 0.25) is 0 Å². The molecule has 2 amide bonds. The Labute approximate surface area is 161 Å². The third kappa shape index (κ3) is 4.34. The van der Waals surface area contributed by atoms with Crippen LogP contribution in [0.3, 0.4) is 0 Å². The van der Waals surface area contributed by atoms with Crippen molar-refractivity contribution in [2.24, 2.45) is 5.92 Å². The Kier molecular flexibility index (Phi) is 5.77. The van der Waals surface area contributed by atoms with Gasteiger partial charge in [0, 0.05) is 25.6 Å². The van der Waals surface area contributed by atoms with E-state index in [0.717, 1.165) is 45.2 Å². The molecule has 3 aliphatic rings. The van der Waals surface area contributed by atoms with Gasteiger partial charge in [-0.1, -0.05) is 43.2 Å². The lowest BCUT2D eigenvalue weighted by molar-refractivity contribution is -0.134. The third-order valence-electron chi connectivity index (χ3n) is 6.60.